The summed E-state index contributed by atoms with van der Waals surface area (Å²) in [6.45, 7) is 1.27. The molecule has 25 heavy (non-hydrogen) atoms. The zero-order valence-corrected chi connectivity index (χ0v) is 14.9. The Labute approximate surface area is 146 Å². The van der Waals surface area contributed by atoms with Crippen molar-refractivity contribution in [2.75, 3.05) is 32.5 Å². The van der Waals surface area contributed by atoms with Crippen molar-refractivity contribution in [2.45, 2.75) is 18.9 Å². The van der Waals surface area contributed by atoms with Crippen LogP contribution in [0.4, 0.5) is 0 Å². The largest absolute Gasteiger partial charge is 0.374 e. The molecule has 3 heterocycles. The molecule has 0 radical (unpaired) electrons. The summed E-state index contributed by atoms with van der Waals surface area (Å²) < 4.78 is 32.0. The van der Waals surface area contributed by atoms with E-state index in [2.05, 4.69) is 10.3 Å². The molecular formula is C16H22N4O4S. The summed E-state index contributed by atoms with van der Waals surface area (Å²) in [7, 11) is -3.23. The third kappa shape index (κ3) is 4.77. The van der Waals surface area contributed by atoms with Gasteiger partial charge in [0, 0.05) is 38.4 Å². The summed E-state index contributed by atoms with van der Waals surface area (Å²) in [6, 6.07) is 5.76. The zero-order valence-electron chi connectivity index (χ0n) is 14.1. The van der Waals surface area contributed by atoms with E-state index in [0.29, 0.717) is 32.5 Å². The topological polar surface area (TPSA) is 93.0 Å². The van der Waals surface area contributed by atoms with Gasteiger partial charge in [-0.1, -0.05) is 6.07 Å². The molecule has 2 aromatic heterocycles. The lowest BCUT2D eigenvalue weighted by Gasteiger charge is -2.31. The molecule has 9 heteroatoms. The van der Waals surface area contributed by atoms with Crippen LogP contribution in [0.3, 0.4) is 0 Å². The monoisotopic (exact) mass is 366 g/mol. The van der Waals surface area contributed by atoms with Crippen LogP contribution in [0.2, 0.25) is 0 Å². The molecule has 2 aromatic rings. The van der Waals surface area contributed by atoms with Crippen molar-refractivity contribution in [1.29, 1.82) is 0 Å². The highest BCUT2D eigenvalue weighted by Crippen LogP contribution is 2.09. The van der Waals surface area contributed by atoms with Crippen LogP contribution in [0, 0.1) is 0 Å². The maximum absolute atomic E-state index is 12.0. The van der Waals surface area contributed by atoms with Crippen molar-refractivity contribution < 1.29 is 17.9 Å². The summed E-state index contributed by atoms with van der Waals surface area (Å²) in [5.41, 5.74) is 1.72. The van der Waals surface area contributed by atoms with E-state index in [9.17, 15) is 13.2 Å². The average Bonchev–Trinajstić information content (AvgIpc) is 3.00. The normalized spacial score (nSPS) is 19.2. The predicted molar refractivity (Wildman–Crippen MR) is 92.7 cm³/mol. The molecule has 1 aliphatic rings. The first kappa shape index (κ1) is 17.8. The van der Waals surface area contributed by atoms with Crippen LogP contribution in [0.25, 0.3) is 5.65 Å². The van der Waals surface area contributed by atoms with Gasteiger partial charge < -0.3 is 14.5 Å². The Kier molecular flexibility index (Phi) is 5.36. The smallest absolute Gasteiger partial charge is 0.220 e. The van der Waals surface area contributed by atoms with Crippen LogP contribution in [-0.2, 0) is 26.0 Å². The number of fused-ring (bicyclic) bond motifs is 1. The van der Waals surface area contributed by atoms with Crippen LogP contribution < -0.4 is 5.32 Å². The maximum Gasteiger partial charge on any atom is 0.220 e. The summed E-state index contributed by atoms with van der Waals surface area (Å²) in [6.07, 6.45) is 5.57. The SMILES string of the molecule is CS(=O)(=O)N1CCO[C@@H](CNC(=O)CCc2cn3ccccc3n2)C1. The van der Waals surface area contributed by atoms with Gasteiger partial charge in [0.05, 0.1) is 24.7 Å². The molecule has 1 aliphatic heterocycles. The van der Waals surface area contributed by atoms with Gasteiger partial charge in [-0.3, -0.25) is 4.79 Å². The third-order valence-corrected chi connectivity index (χ3v) is 5.39. The highest BCUT2D eigenvalue weighted by Gasteiger charge is 2.26. The number of hydrogen-bond acceptors (Lipinski definition) is 5. The first-order valence-electron chi connectivity index (χ1n) is 8.18. The van der Waals surface area contributed by atoms with Gasteiger partial charge in [-0.15, -0.1) is 0 Å². The predicted octanol–water partition coefficient (Wildman–Crippen LogP) is 0.0435. The Hall–Kier alpha value is -1.97. The van der Waals surface area contributed by atoms with Crippen LogP contribution in [-0.4, -0.2) is 66.6 Å². The van der Waals surface area contributed by atoms with Crippen LogP contribution in [0.5, 0.6) is 0 Å². The number of nitrogens with zero attached hydrogens (tertiary/aromatic N) is 3. The van der Waals surface area contributed by atoms with E-state index in [1.165, 1.54) is 10.6 Å². The number of carbonyl (C=O) groups is 1. The van der Waals surface area contributed by atoms with Crippen molar-refractivity contribution >= 4 is 21.6 Å². The standard InChI is InChI=1S/C16H22N4O4S/c1-25(22,23)20-8-9-24-14(12-20)10-17-16(21)6-5-13-11-19-7-3-2-4-15(19)18-13/h2-4,7,11,14H,5-6,8-10,12H2,1H3,(H,17,21)/t14-/m0/s1. The molecule has 0 bridgehead atoms. The highest BCUT2D eigenvalue weighted by molar-refractivity contribution is 7.88. The van der Waals surface area contributed by atoms with Crippen LogP contribution >= 0.6 is 0 Å². The van der Waals surface area contributed by atoms with Crippen molar-refractivity contribution in [2.24, 2.45) is 0 Å². The summed E-state index contributed by atoms with van der Waals surface area (Å²) >= 11 is 0. The van der Waals surface area contributed by atoms with E-state index < -0.39 is 10.0 Å². The number of sulfonamides is 1. The number of amides is 1. The molecule has 0 saturated carbocycles. The molecule has 1 saturated heterocycles. The van der Waals surface area contributed by atoms with Gasteiger partial charge in [0.2, 0.25) is 15.9 Å². The molecular weight excluding hydrogens is 344 g/mol. The molecule has 1 atom stereocenters. The van der Waals surface area contributed by atoms with Gasteiger partial charge in [0.25, 0.3) is 0 Å². The lowest BCUT2D eigenvalue weighted by molar-refractivity contribution is -0.122. The first-order valence-corrected chi connectivity index (χ1v) is 10.0. The molecule has 0 aliphatic carbocycles. The Balaban J connectivity index is 1.45. The minimum absolute atomic E-state index is 0.0999. The zero-order chi connectivity index (χ0) is 17.9. The van der Waals surface area contributed by atoms with E-state index in [1.54, 1.807) is 0 Å². The second kappa shape index (κ2) is 7.51. The number of rotatable bonds is 6. The van der Waals surface area contributed by atoms with E-state index in [4.69, 9.17) is 4.74 Å². The van der Waals surface area contributed by atoms with Crippen molar-refractivity contribution in [3.05, 3.63) is 36.3 Å². The quantitative estimate of drug-likeness (QED) is 0.779. The van der Waals surface area contributed by atoms with Crippen LogP contribution in [0.1, 0.15) is 12.1 Å². The minimum atomic E-state index is -3.23. The molecule has 3 rings (SSSR count). The number of imidazole rings is 1. The van der Waals surface area contributed by atoms with E-state index in [0.717, 1.165) is 11.3 Å². The van der Waals surface area contributed by atoms with E-state index >= 15 is 0 Å². The average molecular weight is 366 g/mol. The third-order valence-electron chi connectivity index (χ3n) is 4.12. The number of pyridine rings is 1. The molecule has 0 aromatic carbocycles. The summed E-state index contributed by atoms with van der Waals surface area (Å²) in [4.78, 5) is 16.5. The Morgan fingerprint density at radius 3 is 3.04 bits per heavy atom. The number of aromatic nitrogens is 2. The fourth-order valence-corrected chi connectivity index (χ4v) is 3.63. The number of aryl methyl sites for hydroxylation is 1. The van der Waals surface area contributed by atoms with Gasteiger partial charge in [0.15, 0.2) is 0 Å². The molecule has 8 nitrogen and oxygen atoms in total. The molecule has 0 unspecified atom stereocenters. The highest BCUT2D eigenvalue weighted by atomic mass is 32.2. The number of nitrogens with one attached hydrogen (secondary N) is 1. The number of hydrogen-bond donors (Lipinski definition) is 1. The minimum Gasteiger partial charge on any atom is -0.374 e. The molecule has 1 amide bonds. The number of carbonyl (C=O) groups excluding carboxylic acids is 1. The van der Waals surface area contributed by atoms with Gasteiger partial charge >= 0.3 is 0 Å². The van der Waals surface area contributed by atoms with Gasteiger partial charge in [-0.05, 0) is 18.6 Å². The van der Waals surface area contributed by atoms with E-state index in [1.807, 2.05) is 35.0 Å². The van der Waals surface area contributed by atoms with Gasteiger partial charge in [0.1, 0.15) is 5.65 Å². The van der Waals surface area contributed by atoms with Gasteiger partial charge in [-0.25, -0.2) is 13.4 Å². The second-order valence-electron chi connectivity index (χ2n) is 6.12. The lowest BCUT2D eigenvalue weighted by atomic mass is 10.2. The van der Waals surface area contributed by atoms with Gasteiger partial charge in [-0.2, -0.15) is 4.31 Å². The lowest BCUT2D eigenvalue weighted by Crippen LogP contribution is -2.49. The number of morpholine rings is 1. The summed E-state index contributed by atoms with van der Waals surface area (Å²) in [5, 5.41) is 2.81. The molecule has 0 spiro atoms. The molecule has 1 N–H and O–H groups in total. The Morgan fingerprint density at radius 2 is 2.28 bits per heavy atom. The maximum atomic E-state index is 12.0. The first-order chi connectivity index (χ1) is 11.9. The van der Waals surface area contributed by atoms with Crippen LogP contribution in [0.15, 0.2) is 30.6 Å². The molecule has 136 valence electrons. The molecule has 1 fully saturated rings. The number of ether oxygens (including phenoxy) is 1. The fraction of sp³-hybridized carbons (Fsp3) is 0.500. The van der Waals surface area contributed by atoms with E-state index in [-0.39, 0.29) is 18.6 Å². The van der Waals surface area contributed by atoms with Crippen molar-refractivity contribution in [3.63, 3.8) is 0 Å². The fourth-order valence-electron chi connectivity index (χ4n) is 2.78. The van der Waals surface area contributed by atoms with Crippen molar-refractivity contribution in [1.82, 2.24) is 19.0 Å². The Bertz CT molecular complexity index is 816. The van der Waals surface area contributed by atoms with Crippen molar-refractivity contribution in [3.8, 4) is 0 Å². The Morgan fingerprint density at radius 1 is 1.44 bits per heavy atom. The summed E-state index contributed by atoms with van der Waals surface area (Å²) in [5.74, 6) is -0.0999. The second-order valence-corrected chi connectivity index (χ2v) is 8.10.